The first-order chi connectivity index (χ1) is 13.3. The summed E-state index contributed by atoms with van der Waals surface area (Å²) in [6.45, 7) is 4.70. The quantitative estimate of drug-likeness (QED) is 0.606. The summed E-state index contributed by atoms with van der Waals surface area (Å²) in [6.07, 6.45) is 0. The van der Waals surface area contributed by atoms with E-state index in [-0.39, 0.29) is 11.9 Å². The molecule has 0 amide bonds. The van der Waals surface area contributed by atoms with Gasteiger partial charge in [-0.05, 0) is 23.3 Å². The summed E-state index contributed by atoms with van der Waals surface area (Å²) in [7, 11) is 1.76. The van der Waals surface area contributed by atoms with Crippen molar-refractivity contribution in [3.05, 3.63) is 71.5 Å². The molecule has 1 heterocycles. The van der Waals surface area contributed by atoms with Crippen LogP contribution in [0.4, 0.5) is 4.39 Å². The Morgan fingerprint density at radius 1 is 1.07 bits per heavy atom. The Labute approximate surface area is 160 Å². The van der Waals surface area contributed by atoms with E-state index in [2.05, 4.69) is 44.8 Å². The number of nitrogens with zero attached hydrogens (tertiary/aromatic N) is 2. The molecule has 1 fully saturated rings. The predicted octanol–water partition coefficient (Wildman–Crippen LogP) is 2.56. The van der Waals surface area contributed by atoms with Crippen LogP contribution in [0.1, 0.15) is 17.2 Å². The van der Waals surface area contributed by atoms with Crippen LogP contribution in [0.3, 0.4) is 0 Å². The normalized spacial score (nSPS) is 16.7. The molecule has 1 aliphatic heterocycles. The number of morpholine rings is 1. The number of nitrogens with one attached hydrogen (secondary N) is 2. The first kappa shape index (κ1) is 19.3. The average molecular weight is 370 g/mol. The molecule has 6 heteroatoms. The molecule has 1 unspecified atom stereocenters. The van der Waals surface area contributed by atoms with Crippen LogP contribution in [0.5, 0.6) is 0 Å². The average Bonchev–Trinajstić information content (AvgIpc) is 2.73. The van der Waals surface area contributed by atoms with Crippen LogP contribution in [0.15, 0.2) is 59.6 Å². The van der Waals surface area contributed by atoms with E-state index in [1.165, 1.54) is 17.7 Å². The molecule has 0 aromatic heterocycles. The van der Waals surface area contributed by atoms with Gasteiger partial charge in [0, 0.05) is 33.2 Å². The van der Waals surface area contributed by atoms with Gasteiger partial charge >= 0.3 is 0 Å². The Kier molecular flexibility index (Phi) is 7.19. The summed E-state index contributed by atoms with van der Waals surface area (Å²) in [5.41, 5.74) is 2.29. The third-order valence-corrected chi connectivity index (χ3v) is 4.73. The minimum Gasteiger partial charge on any atom is -0.379 e. The first-order valence-corrected chi connectivity index (χ1v) is 9.32. The first-order valence-electron chi connectivity index (χ1n) is 9.32. The van der Waals surface area contributed by atoms with Crippen molar-refractivity contribution in [3.8, 4) is 0 Å². The molecule has 0 aliphatic carbocycles. The summed E-state index contributed by atoms with van der Waals surface area (Å²) in [4.78, 5) is 6.75. The highest BCUT2D eigenvalue weighted by molar-refractivity contribution is 5.79. The maximum Gasteiger partial charge on any atom is 0.191 e. The molecular formula is C21H27FN4O. The molecular weight excluding hydrogens is 343 g/mol. The highest BCUT2D eigenvalue weighted by atomic mass is 19.1. The maximum absolute atomic E-state index is 13.0. The van der Waals surface area contributed by atoms with E-state index in [0.717, 1.165) is 44.4 Å². The monoisotopic (exact) mass is 370 g/mol. The number of hydrogen-bond acceptors (Lipinski definition) is 3. The Morgan fingerprint density at radius 2 is 1.78 bits per heavy atom. The van der Waals surface area contributed by atoms with Crippen LogP contribution in [-0.4, -0.2) is 50.8 Å². The van der Waals surface area contributed by atoms with Crippen molar-refractivity contribution >= 4 is 5.96 Å². The standard InChI is InChI=1S/C21H27FN4O/c1-23-21(24-15-17-7-9-19(22)10-8-17)25-16-20(18-5-3-2-4-6-18)26-11-13-27-14-12-26/h2-10,20H,11-16H2,1H3,(H2,23,24,25). The Bertz CT molecular complexity index is 715. The van der Waals surface area contributed by atoms with Gasteiger partial charge in [-0.3, -0.25) is 9.89 Å². The smallest absolute Gasteiger partial charge is 0.191 e. The molecule has 2 N–H and O–H groups in total. The Balaban J connectivity index is 1.59. The summed E-state index contributed by atoms with van der Waals surface area (Å²) in [5, 5.41) is 6.72. The van der Waals surface area contributed by atoms with Gasteiger partial charge in [-0.2, -0.15) is 0 Å². The molecule has 1 aliphatic rings. The van der Waals surface area contributed by atoms with Crippen molar-refractivity contribution in [2.24, 2.45) is 4.99 Å². The van der Waals surface area contributed by atoms with E-state index in [9.17, 15) is 4.39 Å². The Hall–Kier alpha value is -2.44. The highest BCUT2D eigenvalue weighted by Crippen LogP contribution is 2.21. The van der Waals surface area contributed by atoms with Crippen molar-refractivity contribution in [2.45, 2.75) is 12.6 Å². The fourth-order valence-electron chi connectivity index (χ4n) is 3.22. The lowest BCUT2D eigenvalue weighted by Gasteiger charge is -2.35. The van der Waals surface area contributed by atoms with Gasteiger partial charge < -0.3 is 15.4 Å². The zero-order valence-electron chi connectivity index (χ0n) is 15.7. The zero-order chi connectivity index (χ0) is 18.9. The number of guanidine groups is 1. The van der Waals surface area contributed by atoms with Crippen molar-refractivity contribution in [2.75, 3.05) is 39.9 Å². The molecule has 1 saturated heterocycles. The molecule has 0 spiro atoms. The van der Waals surface area contributed by atoms with E-state index in [4.69, 9.17) is 4.74 Å². The summed E-state index contributed by atoms with van der Waals surface area (Å²) in [5.74, 6) is 0.506. The molecule has 0 saturated carbocycles. The van der Waals surface area contributed by atoms with Gasteiger partial charge in [0.05, 0.1) is 19.3 Å². The van der Waals surface area contributed by atoms with Crippen LogP contribution in [0, 0.1) is 5.82 Å². The number of halogens is 1. The maximum atomic E-state index is 13.0. The number of aliphatic imine (C=N–C) groups is 1. The van der Waals surface area contributed by atoms with Crippen LogP contribution >= 0.6 is 0 Å². The topological polar surface area (TPSA) is 48.9 Å². The van der Waals surface area contributed by atoms with Crippen molar-refractivity contribution in [1.29, 1.82) is 0 Å². The second kappa shape index (κ2) is 10.0. The van der Waals surface area contributed by atoms with E-state index >= 15 is 0 Å². The van der Waals surface area contributed by atoms with Gasteiger partial charge in [0.25, 0.3) is 0 Å². The second-order valence-corrected chi connectivity index (χ2v) is 6.51. The second-order valence-electron chi connectivity index (χ2n) is 6.51. The summed E-state index contributed by atoms with van der Waals surface area (Å²) >= 11 is 0. The lowest BCUT2D eigenvalue weighted by molar-refractivity contribution is 0.0170. The number of ether oxygens (including phenoxy) is 1. The number of rotatable bonds is 6. The fraction of sp³-hybridized carbons (Fsp3) is 0.381. The van der Waals surface area contributed by atoms with Crippen LogP contribution in [0.25, 0.3) is 0 Å². The van der Waals surface area contributed by atoms with Gasteiger partial charge in [-0.1, -0.05) is 42.5 Å². The third kappa shape index (κ3) is 5.77. The SMILES string of the molecule is CN=C(NCc1ccc(F)cc1)NCC(c1ccccc1)N1CCOCC1. The van der Waals surface area contributed by atoms with E-state index in [0.29, 0.717) is 6.54 Å². The van der Waals surface area contributed by atoms with Crippen LogP contribution in [-0.2, 0) is 11.3 Å². The largest absolute Gasteiger partial charge is 0.379 e. The van der Waals surface area contributed by atoms with Gasteiger partial charge in [0.15, 0.2) is 5.96 Å². The molecule has 2 aromatic carbocycles. The minimum absolute atomic E-state index is 0.225. The van der Waals surface area contributed by atoms with E-state index in [1.54, 1.807) is 19.2 Å². The molecule has 27 heavy (non-hydrogen) atoms. The molecule has 0 radical (unpaired) electrons. The number of benzene rings is 2. The van der Waals surface area contributed by atoms with Crippen LogP contribution < -0.4 is 10.6 Å². The Morgan fingerprint density at radius 3 is 2.44 bits per heavy atom. The molecule has 3 rings (SSSR count). The lowest BCUT2D eigenvalue weighted by Crippen LogP contribution is -2.46. The highest BCUT2D eigenvalue weighted by Gasteiger charge is 2.22. The zero-order valence-corrected chi connectivity index (χ0v) is 15.7. The summed E-state index contributed by atoms with van der Waals surface area (Å²) in [6, 6.07) is 17.2. The van der Waals surface area contributed by atoms with Gasteiger partial charge in [0.1, 0.15) is 5.82 Å². The van der Waals surface area contributed by atoms with Gasteiger partial charge in [-0.15, -0.1) is 0 Å². The van der Waals surface area contributed by atoms with E-state index < -0.39 is 0 Å². The van der Waals surface area contributed by atoms with Crippen LogP contribution in [0.2, 0.25) is 0 Å². The van der Waals surface area contributed by atoms with Gasteiger partial charge in [-0.25, -0.2) is 4.39 Å². The number of hydrogen-bond donors (Lipinski definition) is 2. The van der Waals surface area contributed by atoms with E-state index in [1.807, 2.05) is 6.07 Å². The molecule has 2 aromatic rings. The van der Waals surface area contributed by atoms with Crippen molar-refractivity contribution in [3.63, 3.8) is 0 Å². The van der Waals surface area contributed by atoms with Gasteiger partial charge in [0.2, 0.25) is 0 Å². The summed E-state index contributed by atoms with van der Waals surface area (Å²) < 4.78 is 18.5. The van der Waals surface area contributed by atoms with Crippen molar-refractivity contribution in [1.82, 2.24) is 15.5 Å². The molecule has 1 atom stereocenters. The lowest BCUT2D eigenvalue weighted by atomic mass is 10.0. The molecule has 5 nitrogen and oxygen atoms in total. The molecule has 0 bridgehead atoms. The minimum atomic E-state index is -0.225. The van der Waals surface area contributed by atoms with Crippen molar-refractivity contribution < 1.29 is 9.13 Å². The predicted molar refractivity (Wildman–Crippen MR) is 106 cm³/mol. The molecule has 144 valence electrons. The third-order valence-electron chi connectivity index (χ3n) is 4.73. The fourth-order valence-corrected chi connectivity index (χ4v) is 3.22.